The number of para-hydroxylation sites is 1. The summed E-state index contributed by atoms with van der Waals surface area (Å²) in [6.07, 6.45) is 3.84. The molecule has 0 spiro atoms. The Balaban J connectivity index is 1.66. The van der Waals surface area contributed by atoms with Crippen LogP contribution in [0.25, 0.3) is 5.69 Å². The normalized spacial score (nSPS) is 17.2. The number of hydrogen-bond donors (Lipinski definition) is 2. The van der Waals surface area contributed by atoms with Crippen molar-refractivity contribution in [3.05, 3.63) is 103 Å². The van der Waals surface area contributed by atoms with E-state index in [0.29, 0.717) is 16.5 Å². The highest BCUT2D eigenvalue weighted by atomic mass is 32.1. The van der Waals surface area contributed by atoms with Crippen molar-refractivity contribution in [1.82, 2.24) is 14.9 Å². The molecule has 2 aromatic heterocycles. The van der Waals surface area contributed by atoms with Gasteiger partial charge < -0.3 is 24.8 Å². The number of carbonyl (C=O) groups excluding carboxylic acids is 1. The Hall–Kier alpha value is -4.17. The van der Waals surface area contributed by atoms with Crippen LogP contribution in [0.3, 0.4) is 0 Å². The van der Waals surface area contributed by atoms with Crippen LogP contribution in [-0.4, -0.2) is 27.7 Å². The van der Waals surface area contributed by atoms with Gasteiger partial charge in [-0.1, -0.05) is 24.3 Å². The second-order valence-electron chi connectivity index (χ2n) is 8.20. The van der Waals surface area contributed by atoms with Crippen LogP contribution >= 0.6 is 12.2 Å². The molecule has 1 saturated heterocycles. The third kappa shape index (κ3) is 4.36. The molecule has 2 atom stereocenters. The molecule has 35 heavy (non-hydrogen) atoms. The summed E-state index contributed by atoms with van der Waals surface area (Å²) < 4.78 is 7.63. The lowest BCUT2D eigenvalue weighted by Crippen LogP contribution is -2.30. The lowest BCUT2D eigenvalue weighted by atomic mass is 10.0. The van der Waals surface area contributed by atoms with Crippen LogP contribution < -0.4 is 20.3 Å². The van der Waals surface area contributed by atoms with Crippen LogP contribution in [-0.2, 0) is 4.79 Å². The van der Waals surface area contributed by atoms with Gasteiger partial charge in [0.05, 0.1) is 24.5 Å². The predicted octanol–water partition coefficient (Wildman–Crippen LogP) is 5.02. The van der Waals surface area contributed by atoms with Crippen LogP contribution in [0.15, 0.2) is 91.3 Å². The van der Waals surface area contributed by atoms with E-state index in [9.17, 15) is 4.79 Å². The molecule has 8 heteroatoms. The first-order chi connectivity index (χ1) is 17.1. The number of ether oxygens (including phenoxy) is 1. The minimum Gasteiger partial charge on any atom is -0.495 e. The SMILES string of the molecule is COc1ccc(N2C(=S)N[C@H](c3ccccn3)[C@@H]2c2cccn2-c2ccccc2)cc1NC(C)=O. The van der Waals surface area contributed by atoms with E-state index in [1.807, 2.05) is 60.7 Å². The highest BCUT2D eigenvalue weighted by molar-refractivity contribution is 7.80. The monoisotopic (exact) mass is 483 g/mol. The van der Waals surface area contributed by atoms with E-state index in [1.165, 1.54) is 6.92 Å². The summed E-state index contributed by atoms with van der Waals surface area (Å²) in [5, 5.41) is 6.92. The van der Waals surface area contributed by atoms with Crippen molar-refractivity contribution in [3.63, 3.8) is 0 Å². The van der Waals surface area contributed by atoms with Gasteiger partial charge >= 0.3 is 0 Å². The van der Waals surface area contributed by atoms with Crippen LogP contribution in [0.4, 0.5) is 11.4 Å². The van der Waals surface area contributed by atoms with E-state index in [2.05, 4.69) is 49.5 Å². The lowest BCUT2D eigenvalue weighted by molar-refractivity contribution is -0.114. The Labute approximate surface area is 209 Å². The fraction of sp³-hybridized carbons (Fsp3) is 0.148. The number of nitrogens with one attached hydrogen (secondary N) is 2. The number of amides is 1. The second kappa shape index (κ2) is 9.60. The maximum absolute atomic E-state index is 11.8. The zero-order valence-electron chi connectivity index (χ0n) is 19.4. The Morgan fingerprint density at radius 1 is 1.03 bits per heavy atom. The lowest BCUT2D eigenvalue weighted by Gasteiger charge is -2.29. The molecule has 1 amide bonds. The number of anilines is 2. The third-order valence-electron chi connectivity index (χ3n) is 5.99. The third-order valence-corrected chi connectivity index (χ3v) is 6.30. The topological polar surface area (TPSA) is 71.4 Å². The van der Waals surface area contributed by atoms with Crippen molar-refractivity contribution in [2.75, 3.05) is 17.3 Å². The van der Waals surface area contributed by atoms with Crippen molar-refractivity contribution in [2.45, 2.75) is 19.0 Å². The second-order valence-corrected chi connectivity index (χ2v) is 8.59. The van der Waals surface area contributed by atoms with Gasteiger partial charge in [0.2, 0.25) is 5.91 Å². The molecule has 1 fully saturated rings. The molecular weight excluding hydrogens is 458 g/mol. The summed E-state index contributed by atoms with van der Waals surface area (Å²) in [5.41, 5.74) is 4.41. The average molecular weight is 484 g/mol. The Morgan fingerprint density at radius 2 is 1.83 bits per heavy atom. The van der Waals surface area contributed by atoms with E-state index < -0.39 is 0 Å². The number of methoxy groups -OCH3 is 1. The quantitative estimate of drug-likeness (QED) is 0.376. The smallest absolute Gasteiger partial charge is 0.221 e. The number of hydrogen-bond acceptors (Lipinski definition) is 4. The number of aromatic nitrogens is 2. The highest BCUT2D eigenvalue weighted by Gasteiger charge is 2.42. The Bertz CT molecular complexity index is 1360. The van der Waals surface area contributed by atoms with Crippen molar-refractivity contribution < 1.29 is 9.53 Å². The van der Waals surface area contributed by atoms with E-state index in [0.717, 1.165) is 22.8 Å². The minimum absolute atomic E-state index is 0.177. The molecule has 3 heterocycles. The molecule has 2 aromatic carbocycles. The molecular formula is C27H25N5O2S. The van der Waals surface area contributed by atoms with Gasteiger partial charge in [-0.25, -0.2) is 0 Å². The minimum atomic E-state index is -0.203. The number of pyridine rings is 1. The summed E-state index contributed by atoms with van der Waals surface area (Å²) in [6, 6.07) is 25.5. The molecule has 4 aromatic rings. The maximum Gasteiger partial charge on any atom is 0.221 e. The predicted molar refractivity (Wildman–Crippen MR) is 141 cm³/mol. The van der Waals surface area contributed by atoms with Crippen molar-refractivity contribution in [3.8, 4) is 11.4 Å². The molecule has 0 aliphatic carbocycles. The number of carbonyl (C=O) groups is 1. The molecule has 7 nitrogen and oxygen atoms in total. The van der Waals surface area contributed by atoms with E-state index in [-0.39, 0.29) is 18.0 Å². The van der Waals surface area contributed by atoms with Gasteiger partial charge in [-0.2, -0.15) is 0 Å². The number of benzene rings is 2. The molecule has 1 aliphatic rings. The van der Waals surface area contributed by atoms with E-state index in [1.54, 1.807) is 13.3 Å². The zero-order chi connectivity index (χ0) is 24.4. The number of thiocarbonyl (C=S) groups is 1. The number of nitrogens with zero attached hydrogens (tertiary/aromatic N) is 3. The van der Waals surface area contributed by atoms with Gasteiger partial charge in [0.1, 0.15) is 11.8 Å². The standard InChI is InChI=1S/C27H25N5O2S/c1-18(33)29-22-17-20(13-14-24(22)34-2)32-26(25(30-27(32)35)21-11-6-7-15-28-21)23-12-8-16-31(23)19-9-4-3-5-10-19/h3-17,25-26H,1-2H3,(H,29,33)(H,30,35)/t25-,26+/m1/s1. The number of rotatable bonds is 6. The first kappa shape index (κ1) is 22.6. The average Bonchev–Trinajstić information content (AvgIpc) is 3.49. The highest BCUT2D eigenvalue weighted by Crippen LogP contribution is 2.43. The molecule has 5 rings (SSSR count). The molecule has 0 unspecified atom stereocenters. The van der Waals surface area contributed by atoms with Crippen molar-refractivity contribution in [2.24, 2.45) is 0 Å². The first-order valence-corrected chi connectivity index (χ1v) is 11.7. The molecule has 0 saturated carbocycles. The molecule has 0 bridgehead atoms. The summed E-state index contributed by atoms with van der Waals surface area (Å²) in [5.74, 6) is 0.399. The van der Waals surface area contributed by atoms with Gasteiger partial charge in [0.25, 0.3) is 0 Å². The first-order valence-electron chi connectivity index (χ1n) is 11.3. The van der Waals surface area contributed by atoms with Gasteiger partial charge in [0.15, 0.2) is 5.11 Å². The van der Waals surface area contributed by atoms with Crippen molar-refractivity contribution >= 4 is 34.6 Å². The molecule has 0 radical (unpaired) electrons. The largest absolute Gasteiger partial charge is 0.495 e. The van der Waals surface area contributed by atoms with Gasteiger partial charge in [-0.15, -0.1) is 0 Å². The van der Waals surface area contributed by atoms with E-state index in [4.69, 9.17) is 17.0 Å². The summed E-state index contributed by atoms with van der Waals surface area (Å²) >= 11 is 5.86. The van der Waals surface area contributed by atoms with Crippen molar-refractivity contribution in [1.29, 1.82) is 0 Å². The van der Waals surface area contributed by atoms with Gasteiger partial charge in [-0.3, -0.25) is 9.78 Å². The molecule has 1 aliphatic heterocycles. The molecule has 176 valence electrons. The Kier molecular flexibility index (Phi) is 6.20. The van der Waals surface area contributed by atoms with Crippen LogP contribution in [0.5, 0.6) is 5.75 Å². The van der Waals surface area contributed by atoms with Gasteiger partial charge in [-0.05, 0) is 66.8 Å². The van der Waals surface area contributed by atoms with Gasteiger partial charge in [0, 0.05) is 36.4 Å². The van der Waals surface area contributed by atoms with Crippen LogP contribution in [0, 0.1) is 0 Å². The van der Waals surface area contributed by atoms with E-state index >= 15 is 0 Å². The maximum atomic E-state index is 11.8. The fourth-order valence-corrected chi connectivity index (χ4v) is 4.87. The summed E-state index contributed by atoms with van der Waals surface area (Å²) in [7, 11) is 1.58. The van der Waals surface area contributed by atoms with Crippen LogP contribution in [0.1, 0.15) is 30.4 Å². The summed E-state index contributed by atoms with van der Waals surface area (Å²) in [6.45, 7) is 1.47. The Morgan fingerprint density at radius 3 is 2.54 bits per heavy atom. The zero-order valence-corrected chi connectivity index (χ0v) is 20.2. The fourth-order valence-electron chi connectivity index (χ4n) is 4.53. The molecule has 2 N–H and O–H groups in total. The van der Waals surface area contributed by atoms with Crippen LogP contribution in [0.2, 0.25) is 0 Å². The summed E-state index contributed by atoms with van der Waals surface area (Å²) in [4.78, 5) is 18.6.